The minimum absolute atomic E-state index is 0.115. The number of nitriles is 1. The van der Waals surface area contributed by atoms with E-state index < -0.39 is 12.0 Å². The van der Waals surface area contributed by atoms with Gasteiger partial charge < -0.3 is 9.47 Å². The number of nitrogens with zero attached hydrogens (tertiary/aromatic N) is 3. The third-order valence-corrected chi connectivity index (χ3v) is 7.39. The maximum atomic E-state index is 14.0. The standard InChI is InChI=1S/C30H25N3O4S/c1-4-36-29(35)26-19(3)32-30-33(27(26)21-11-9-18(2)10-12-21)28(34)25(38-30)17-23-22-8-6-5-7-20(22)13-14-24(23)37-16-15-31/h5-14,17,27H,4,16H2,1-3H3/b25-17-/t27-/m1/s1. The van der Waals surface area contributed by atoms with E-state index in [-0.39, 0.29) is 18.8 Å². The average molecular weight is 524 g/mol. The highest BCUT2D eigenvalue weighted by Crippen LogP contribution is 2.32. The fourth-order valence-electron chi connectivity index (χ4n) is 4.65. The van der Waals surface area contributed by atoms with Crippen molar-refractivity contribution in [3.8, 4) is 11.8 Å². The van der Waals surface area contributed by atoms with Crippen LogP contribution in [-0.4, -0.2) is 23.8 Å². The van der Waals surface area contributed by atoms with Gasteiger partial charge in [0, 0.05) is 5.56 Å². The van der Waals surface area contributed by atoms with Crippen molar-refractivity contribution in [1.29, 1.82) is 5.26 Å². The summed E-state index contributed by atoms with van der Waals surface area (Å²) in [6, 6.07) is 20.6. The number of carbonyl (C=O) groups excluding carboxylic acids is 1. The first kappa shape index (κ1) is 25.2. The second kappa shape index (κ2) is 10.5. The van der Waals surface area contributed by atoms with Crippen LogP contribution in [0.2, 0.25) is 0 Å². The molecule has 0 radical (unpaired) electrons. The smallest absolute Gasteiger partial charge is 0.338 e. The highest BCUT2D eigenvalue weighted by molar-refractivity contribution is 7.07. The average Bonchev–Trinajstić information content (AvgIpc) is 3.22. The Balaban J connectivity index is 1.77. The molecule has 0 aliphatic carbocycles. The first-order chi connectivity index (χ1) is 18.4. The van der Waals surface area contributed by atoms with Gasteiger partial charge in [0.05, 0.1) is 28.5 Å². The van der Waals surface area contributed by atoms with Crippen molar-refractivity contribution in [3.05, 3.63) is 108 Å². The minimum atomic E-state index is -0.671. The predicted molar refractivity (Wildman–Crippen MR) is 147 cm³/mol. The van der Waals surface area contributed by atoms with Gasteiger partial charge in [0.1, 0.15) is 11.8 Å². The monoisotopic (exact) mass is 523 g/mol. The Labute approximate surface area is 223 Å². The second-order valence-corrected chi connectivity index (χ2v) is 9.87. The van der Waals surface area contributed by atoms with Crippen molar-refractivity contribution >= 4 is 34.2 Å². The summed E-state index contributed by atoms with van der Waals surface area (Å²) >= 11 is 1.25. The molecule has 0 N–H and O–H groups in total. The zero-order valence-electron chi connectivity index (χ0n) is 21.2. The number of benzene rings is 3. The Kier molecular flexibility index (Phi) is 6.95. The molecule has 5 rings (SSSR count). The molecule has 8 heteroatoms. The summed E-state index contributed by atoms with van der Waals surface area (Å²) in [4.78, 5) is 32.2. The van der Waals surface area contributed by atoms with E-state index in [2.05, 4.69) is 4.99 Å². The highest BCUT2D eigenvalue weighted by atomic mass is 32.1. The number of hydrogen-bond donors (Lipinski definition) is 0. The number of fused-ring (bicyclic) bond motifs is 2. The van der Waals surface area contributed by atoms with Crippen molar-refractivity contribution in [2.75, 3.05) is 13.2 Å². The van der Waals surface area contributed by atoms with Gasteiger partial charge in [0.2, 0.25) is 0 Å². The summed E-state index contributed by atoms with van der Waals surface area (Å²) in [5.41, 5.74) is 3.16. The van der Waals surface area contributed by atoms with Gasteiger partial charge in [-0.1, -0.05) is 71.5 Å². The van der Waals surface area contributed by atoms with Crippen molar-refractivity contribution in [2.24, 2.45) is 4.99 Å². The lowest BCUT2D eigenvalue weighted by Crippen LogP contribution is -2.39. The first-order valence-electron chi connectivity index (χ1n) is 12.2. The van der Waals surface area contributed by atoms with Gasteiger partial charge >= 0.3 is 5.97 Å². The maximum absolute atomic E-state index is 14.0. The van der Waals surface area contributed by atoms with Gasteiger partial charge in [-0.3, -0.25) is 9.36 Å². The number of ether oxygens (including phenoxy) is 2. The summed E-state index contributed by atoms with van der Waals surface area (Å²) in [5.74, 6) is 0.0180. The molecule has 0 spiro atoms. The Morgan fingerprint density at radius 2 is 1.89 bits per heavy atom. The summed E-state index contributed by atoms with van der Waals surface area (Å²) in [7, 11) is 0. The van der Waals surface area contributed by atoms with E-state index in [1.807, 2.05) is 67.6 Å². The Bertz CT molecular complexity index is 1810. The van der Waals surface area contributed by atoms with Crippen molar-refractivity contribution in [2.45, 2.75) is 26.8 Å². The fraction of sp³-hybridized carbons (Fsp3) is 0.200. The Hall–Kier alpha value is -4.48. The molecular weight excluding hydrogens is 498 g/mol. The van der Waals surface area contributed by atoms with Crippen LogP contribution in [0.5, 0.6) is 5.75 Å². The van der Waals surface area contributed by atoms with Crippen LogP contribution in [0.3, 0.4) is 0 Å². The predicted octanol–water partition coefficient (Wildman–Crippen LogP) is 4.16. The van der Waals surface area contributed by atoms with Crippen molar-refractivity contribution in [3.63, 3.8) is 0 Å². The molecule has 1 aliphatic rings. The number of aromatic nitrogens is 1. The lowest BCUT2D eigenvalue weighted by molar-refractivity contribution is -0.139. The lowest BCUT2D eigenvalue weighted by atomic mass is 9.95. The molecule has 190 valence electrons. The largest absolute Gasteiger partial charge is 0.478 e. The first-order valence-corrected chi connectivity index (χ1v) is 13.0. The summed E-state index contributed by atoms with van der Waals surface area (Å²) in [6.07, 6.45) is 1.79. The third kappa shape index (κ3) is 4.53. The normalized spacial score (nSPS) is 15.1. The van der Waals surface area contributed by atoms with Gasteiger partial charge in [-0.2, -0.15) is 5.26 Å². The third-order valence-electron chi connectivity index (χ3n) is 6.41. The van der Waals surface area contributed by atoms with Crippen molar-refractivity contribution in [1.82, 2.24) is 4.57 Å². The van der Waals surface area contributed by atoms with E-state index in [1.165, 1.54) is 11.3 Å². The van der Waals surface area contributed by atoms with Crippen LogP contribution in [0, 0.1) is 18.3 Å². The Morgan fingerprint density at radius 1 is 1.13 bits per heavy atom. The molecule has 0 fully saturated rings. The fourth-order valence-corrected chi connectivity index (χ4v) is 5.68. The molecule has 4 aromatic rings. The number of allylic oxidation sites excluding steroid dienone is 1. The molecular formula is C30H25N3O4S. The molecule has 7 nitrogen and oxygen atoms in total. The van der Waals surface area contributed by atoms with Gasteiger partial charge in [-0.05, 0) is 49.2 Å². The molecule has 2 heterocycles. The van der Waals surface area contributed by atoms with Gasteiger partial charge in [0.15, 0.2) is 11.4 Å². The molecule has 0 saturated carbocycles. The van der Waals surface area contributed by atoms with E-state index in [0.29, 0.717) is 31.9 Å². The molecule has 0 amide bonds. The topological polar surface area (TPSA) is 93.7 Å². The minimum Gasteiger partial charge on any atom is -0.478 e. The van der Waals surface area contributed by atoms with Gasteiger partial charge in [-0.15, -0.1) is 0 Å². The quantitative estimate of drug-likeness (QED) is 0.354. The van der Waals surface area contributed by atoms with Crippen LogP contribution in [0.25, 0.3) is 16.8 Å². The molecule has 38 heavy (non-hydrogen) atoms. The van der Waals surface area contributed by atoms with Crippen LogP contribution < -0.4 is 19.6 Å². The number of rotatable bonds is 6. The van der Waals surface area contributed by atoms with E-state index >= 15 is 0 Å². The Morgan fingerprint density at radius 3 is 2.63 bits per heavy atom. The van der Waals surface area contributed by atoms with E-state index in [9.17, 15) is 9.59 Å². The maximum Gasteiger partial charge on any atom is 0.338 e. The molecule has 1 aromatic heterocycles. The molecule has 0 unspecified atom stereocenters. The second-order valence-electron chi connectivity index (χ2n) is 8.86. The van der Waals surface area contributed by atoms with Crippen LogP contribution in [0.4, 0.5) is 0 Å². The van der Waals surface area contributed by atoms with E-state index in [4.69, 9.17) is 14.7 Å². The molecule has 0 saturated heterocycles. The van der Waals surface area contributed by atoms with Gasteiger partial charge in [-0.25, -0.2) is 9.79 Å². The summed E-state index contributed by atoms with van der Waals surface area (Å²) in [6.45, 7) is 5.60. The SMILES string of the molecule is CCOC(=O)C1=C(C)N=c2s/c(=C\c3c(OCC#N)ccc4ccccc34)c(=O)n2[C@@H]1c1ccc(C)cc1. The lowest BCUT2D eigenvalue weighted by Gasteiger charge is -2.24. The van der Waals surface area contributed by atoms with Crippen LogP contribution in [0.1, 0.15) is 36.6 Å². The number of thiazole rings is 1. The zero-order chi connectivity index (χ0) is 26.8. The molecule has 1 aliphatic heterocycles. The highest BCUT2D eigenvalue weighted by Gasteiger charge is 2.33. The molecule has 0 bridgehead atoms. The number of esters is 1. The van der Waals surface area contributed by atoms with Crippen LogP contribution >= 0.6 is 11.3 Å². The molecule has 3 aromatic carbocycles. The van der Waals surface area contributed by atoms with E-state index in [1.54, 1.807) is 30.6 Å². The summed E-state index contributed by atoms with van der Waals surface area (Å²) in [5, 5.41) is 10.9. The van der Waals surface area contributed by atoms with Crippen LogP contribution in [-0.2, 0) is 9.53 Å². The van der Waals surface area contributed by atoms with Crippen LogP contribution in [0.15, 0.2) is 81.7 Å². The number of aryl methyl sites for hydroxylation is 1. The zero-order valence-corrected chi connectivity index (χ0v) is 22.0. The number of hydrogen-bond acceptors (Lipinski definition) is 7. The molecule has 1 atom stereocenters. The summed E-state index contributed by atoms with van der Waals surface area (Å²) < 4.78 is 13.1. The van der Waals surface area contributed by atoms with Crippen molar-refractivity contribution < 1.29 is 14.3 Å². The number of carbonyl (C=O) groups is 1. The van der Waals surface area contributed by atoms with E-state index in [0.717, 1.165) is 21.9 Å². The van der Waals surface area contributed by atoms with Gasteiger partial charge in [0.25, 0.3) is 5.56 Å².